The Hall–Kier alpha value is -1.73. The number of aromatic amines is 1. The van der Waals surface area contributed by atoms with Crippen molar-refractivity contribution in [3.05, 3.63) is 55.1 Å². The fourth-order valence-corrected chi connectivity index (χ4v) is 1.79. The zero-order valence-electron chi connectivity index (χ0n) is 15.4. The van der Waals surface area contributed by atoms with Crippen molar-refractivity contribution in [2.75, 3.05) is 39.3 Å². The van der Waals surface area contributed by atoms with Gasteiger partial charge in [-0.15, -0.1) is 0 Å². The summed E-state index contributed by atoms with van der Waals surface area (Å²) in [6.45, 7) is 5.90. The zero-order chi connectivity index (χ0) is 18.3. The first-order chi connectivity index (χ1) is 12.4. The molecule has 0 unspecified atom stereocenters. The highest BCUT2D eigenvalue weighted by molar-refractivity contribution is 4.88. The lowest BCUT2D eigenvalue weighted by atomic mass is 10.3. The smallest absolute Gasteiger partial charge is 0.0267 e. The molecule has 0 fully saturated rings. The van der Waals surface area contributed by atoms with Crippen molar-refractivity contribution in [1.82, 2.24) is 20.6 Å². The molecule has 7 N–H and O–H groups in total. The van der Waals surface area contributed by atoms with Gasteiger partial charge in [-0.05, 0) is 89.2 Å². The van der Waals surface area contributed by atoms with Crippen LogP contribution in [0.15, 0.2) is 55.1 Å². The second-order valence-electron chi connectivity index (χ2n) is 5.40. The third kappa shape index (κ3) is 22.3. The molecule has 0 saturated carbocycles. The summed E-state index contributed by atoms with van der Waals surface area (Å²) in [5.74, 6) is 0. The summed E-state index contributed by atoms with van der Waals surface area (Å²) in [5, 5.41) is 6.72. The fraction of sp³-hybridized carbons (Fsp3) is 0.526. The molecule has 0 aliphatic carbocycles. The molecule has 25 heavy (non-hydrogen) atoms. The van der Waals surface area contributed by atoms with E-state index in [1.54, 1.807) is 12.4 Å². The van der Waals surface area contributed by atoms with Gasteiger partial charge in [0.1, 0.15) is 0 Å². The summed E-state index contributed by atoms with van der Waals surface area (Å²) in [5.41, 5.74) is 10.8. The predicted octanol–water partition coefficient (Wildman–Crippen LogP) is 1.74. The van der Waals surface area contributed by atoms with E-state index in [2.05, 4.69) is 20.6 Å². The standard InChI is InChI=1S/C10H26N4.C5H5N.C4H5N/c11-5-3-9-13-7-1-2-8-14-10-4-6-12;1-2-4-6-5-3-1;1-2-4-5-3-1/h13-14H,1-12H2;1-5H;1-5H. The van der Waals surface area contributed by atoms with Gasteiger partial charge in [0.2, 0.25) is 0 Å². The van der Waals surface area contributed by atoms with Crippen molar-refractivity contribution in [1.29, 1.82) is 0 Å². The van der Waals surface area contributed by atoms with Crippen LogP contribution >= 0.6 is 0 Å². The van der Waals surface area contributed by atoms with E-state index in [4.69, 9.17) is 11.5 Å². The van der Waals surface area contributed by atoms with Crippen LogP contribution in [-0.2, 0) is 0 Å². The van der Waals surface area contributed by atoms with Crippen molar-refractivity contribution in [2.45, 2.75) is 25.7 Å². The lowest BCUT2D eigenvalue weighted by Gasteiger charge is -2.04. The molecule has 2 aromatic heterocycles. The molecule has 142 valence electrons. The van der Waals surface area contributed by atoms with Crippen molar-refractivity contribution >= 4 is 0 Å². The Labute approximate surface area is 152 Å². The van der Waals surface area contributed by atoms with Gasteiger partial charge in [-0.1, -0.05) is 6.07 Å². The molecule has 2 aromatic rings. The molecule has 2 heterocycles. The Morgan fingerprint density at radius 2 is 1.12 bits per heavy atom. The van der Waals surface area contributed by atoms with Gasteiger partial charge >= 0.3 is 0 Å². The van der Waals surface area contributed by atoms with Crippen molar-refractivity contribution in [3.8, 4) is 0 Å². The SMILES string of the molecule is NCCCNCCCCNCCCN.c1cc[nH]c1.c1ccncc1. The molecule has 0 atom stereocenters. The Kier molecular flexibility index (Phi) is 20.7. The molecule has 0 saturated heterocycles. The van der Waals surface area contributed by atoms with E-state index in [-0.39, 0.29) is 0 Å². The summed E-state index contributed by atoms with van der Waals surface area (Å²) < 4.78 is 0. The number of pyridine rings is 1. The van der Waals surface area contributed by atoms with Gasteiger partial charge in [-0.3, -0.25) is 4.98 Å². The van der Waals surface area contributed by atoms with Crippen LogP contribution in [0, 0.1) is 0 Å². The fourth-order valence-electron chi connectivity index (χ4n) is 1.79. The van der Waals surface area contributed by atoms with E-state index >= 15 is 0 Å². The molecule has 6 heteroatoms. The van der Waals surface area contributed by atoms with Gasteiger partial charge in [0, 0.05) is 24.8 Å². The van der Waals surface area contributed by atoms with Crippen LogP contribution in [0.5, 0.6) is 0 Å². The van der Waals surface area contributed by atoms with E-state index in [0.717, 1.165) is 52.1 Å². The summed E-state index contributed by atoms with van der Waals surface area (Å²) >= 11 is 0. The van der Waals surface area contributed by atoms with Crippen LogP contribution in [0.2, 0.25) is 0 Å². The minimum Gasteiger partial charge on any atom is -0.368 e. The molecular weight excluding hydrogens is 312 g/mol. The van der Waals surface area contributed by atoms with E-state index in [1.165, 1.54) is 12.8 Å². The minimum atomic E-state index is 0.785. The monoisotopic (exact) mass is 348 g/mol. The van der Waals surface area contributed by atoms with E-state index in [9.17, 15) is 0 Å². The average Bonchev–Trinajstić information content (AvgIpc) is 3.25. The van der Waals surface area contributed by atoms with Gasteiger partial charge in [0.05, 0.1) is 0 Å². The van der Waals surface area contributed by atoms with Crippen molar-refractivity contribution < 1.29 is 0 Å². The van der Waals surface area contributed by atoms with Crippen LogP contribution in [0.25, 0.3) is 0 Å². The van der Waals surface area contributed by atoms with Gasteiger partial charge < -0.3 is 27.1 Å². The molecule has 2 rings (SSSR count). The maximum absolute atomic E-state index is 5.38. The summed E-state index contributed by atoms with van der Waals surface area (Å²) in [6, 6.07) is 9.60. The molecular formula is C19H36N6. The maximum Gasteiger partial charge on any atom is 0.0267 e. The number of aromatic nitrogens is 2. The quantitative estimate of drug-likeness (QED) is 0.398. The van der Waals surface area contributed by atoms with Crippen LogP contribution in [0.3, 0.4) is 0 Å². The van der Waals surface area contributed by atoms with E-state index in [0.29, 0.717) is 0 Å². The van der Waals surface area contributed by atoms with Gasteiger partial charge in [0.15, 0.2) is 0 Å². The van der Waals surface area contributed by atoms with E-state index < -0.39 is 0 Å². The van der Waals surface area contributed by atoms with Crippen molar-refractivity contribution in [3.63, 3.8) is 0 Å². The first kappa shape index (κ1) is 23.3. The Morgan fingerprint density at radius 3 is 1.40 bits per heavy atom. The Bertz CT molecular complexity index is 351. The van der Waals surface area contributed by atoms with Crippen LogP contribution in [0.4, 0.5) is 0 Å². The predicted molar refractivity (Wildman–Crippen MR) is 107 cm³/mol. The highest BCUT2D eigenvalue weighted by Crippen LogP contribution is 1.85. The molecule has 0 aliphatic heterocycles. The van der Waals surface area contributed by atoms with Crippen LogP contribution < -0.4 is 22.1 Å². The summed E-state index contributed by atoms with van der Waals surface area (Å²) in [7, 11) is 0. The van der Waals surface area contributed by atoms with Crippen LogP contribution in [0.1, 0.15) is 25.7 Å². The number of H-pyrrole nitrogens is 1. The topological polar surface area (TPSA) is 105 Å². The summed E-state index contributed by atoms with van der Waals surface area (Å²) in [4.78, 5) is 6.65. The number of hydrogen-bond donors (Lipinski definition) is 5. The highest BCUT2D eigenvalue weighted by atomic mass is 14.9. The van der Waals surface area contributed by atoms with Gasteiger partial charge in [-0.25, -0.2) is 0 Å². The normalized spacial score (nSPS) is 9.52. The van der Waals surface area contributed by atoms with Crippen molar-refractivity contribution in [2.24, 2.45) is 11.5 Å². The summed E-state index contributed by atoms with van der Waals surface area (Å²) in [6.07, 6.45) is 11.9. The zero-order valence-corrected chi connectivity index (χ0v) is 15.4. The molecule has 6 nitrogen and oxygen atoms in total. The third-order valence-electron chi connectivity index (χ3n) is 3.13. The number of hydrogen-bond acceptors (Lipinski definition) is 5. The highest BCUT2D eigenvalue weighted by Gasteiger charge is 1.89. The second-order valence-corrected chi connectivity index (χ2v) is 5.40. The number of nitrogens with zero attached hydrogens (tertiary/aromatic N) is 1. The molecule has 0 amide bonds. The number of nitrogens with one attached hydrogen (secondary N) is 3. The van der Waals surface area contributed by atoms with E-state index in [1.807, 2.05) is 42.7 Å². The largest absolute Gasteiger partial charge is 0.368 e. The lowest BCUT2D eigenvalue weighted by molar-refractivity contribution is 0.570. The molecule has 0 bridgehead atoms. The molecule has 0 aliphatic rings. The third-order valence-corrected chi connectivity index (χ3v) is 3.13. The lowest BCUT2D eigenvalue weighted by Crippen LogP contribution is -2.22. The number of nitrogens with two attached hydrogens (primary N) is 2. The minimum absolute atomic E-state index is 0.785. The molecule has 0 radical (unpaired) electrons. The maximum atomic E-state index is 5.38. The first-order valence-electron chi connectivity index (χ1n) is 9.16. The van der Waals surface area contributed by atoms with Gasteiger partial charge in [-0.2, -0.15) is 0 Å². The number of rotatable bonds is 11. The molecule has 0 aromatic carbocycles. The first-order valence-corrected chi connectivity index (χ1v) is 9.16. The second kappa shape index (κ2) is 22.3. The number of unbranched alkanes of at least 4 members (excludes halogenated alkanes) is 1. The Morgan fingerprint density at radius 1 is 0.640 bits per heavy atom. The van der Waals surface area contributed by atoms with Crippen LogP contribution in [-0.4, -0.2) is 49.2 Å². The van der Waals surface area contributed by atoms with Gasteiger partial charge in [0.25, 0.3) is 0 Å². The molecule has 0 spiro atoms. The average molecular weight is 349 g/mol. The Balaban J connectivity index is 0.000000419.